The second kappa shape index (κ2) is 33.7. The molecule has 1 aliphatic heterocycles. The summed E-state index contributed by atoms with van der Waals surface area (Å²) in [5.41, 5.74) is 0. The van der Waals surface area contributed by atoms with Crippen LogP contribution in [0.1, 0.15) is 149 Å². The molecule has 54 heavy (non-hydrogen) atoms. The molecule has 1 rings (SSSR count). The number of unbranched alkanes of at least 4 members (excludes halogenated alkanes) is 15. The van der Waals surface area contributed by atoms with E-state index in [1.54, 1.807) is 7.11 Å². The number of methoxy groups -OCH3 is 2. The standard InChI is InChI=1S/C42H78NO10P/c1-7-11-13-15-16-17-18-19-20-21-22-23-24-26-28-30-38(44)43-39-41(49-34-31-36(48-6)29-27-25-14-12-8-2)40(37(35-47-5)52-42(39)45)53-54(46,50-32-9-3)51-33-10-4/h9-10,17-18,36-37,39-42,45H,3-4,7-8,11-16,19-35H2,1-2,5-6H3,(H,43,44)/b18-17-/t36-,37-,39-,40-,41-,42-/m1/s1. The maximum absolute atomic E-state index is 13.8. The summed E-state index contributed by atoms with van der Waals surface area (Å²) >= 11 is 0. The first-order valence-electron chi connectivity index (χ1n) is 21.0. The molecule has 1 aliphatic rings. The van der Waals surface area contributed by atoms with Crippen LogP contribution in [-0.2, 0) is 41.9 Å². The van der Waals surface area contributed by atoms with Gasteiger partial charge in [0.1, 0.15) is 24.4 Å². The largest absolute Gasteiger partial charge is 0.475 e. The third-order valence-electron chi connectivity index (χ3n) is 9.65. The lowest BCUT2D eigenvalue weighted by molar-refractivity contribution is -0.261. The summed E-state index contributed by atoms with van der Waals surface area (Å²) < 4.78 is 54.4. The fourth-order valence-corrected chi connectivity index (χ4v) is 7.86. The SMILES string of the molecule is C=CCOP(=O)(OCC=C)O[C@H]1[C@H](OCC[C@@H](CCCCCCC)OC)[C@@H](NC(=O)CCCCCCCCC/C=C\CCCCCC)[C@H](O)O[C@@H]1COC. The lowest BCUT2D eigenvalue weighted by atomic mass is 9.96. The Morgan fingerprint density at radius 1 is 0.796 bits per heavy atom. The van der Waals surface area contributed by atoms with Gasteiger partial charge in [0.15, 0.2) is 6.29 Å². The summed E-state index contributed by atoms with van der Waals surface area (Å²) in [4.78, 5) is 13.3. The maximum Gasteiger partial charge on any atom is 0.475 e. The van der Waals surface area contributed by atoms with Crippen molar-refractivity contribution in [2.75, 3.05) is 40.6 Å². The number of carbonyl (C=O) groups excluding carboxylic acids is 1. The molecular weight excluding hydrogens is 709 g/mol. The summed E-state index contributed by atoms with van der Waals surface area (Å²) in [7, 11) is -1.03. The Morgan fingerprint density at radius 3 is 1.93 bits per heavy atom. The first-order valence-corrected chi connectivity index (χ1v) is 22.5. The minimum absolute atomic E-state index is 0.0144. The van der Waals surface area contributed by atoms with E-state index in [-0.39, 0.29) is 38.4 Å². The molecule has 1 heterocycles. The van der Waals surface area contributed by atoms with E-state index in [0.29, 0.717) is 12.8 Å². The average Bonchev–Trinajstić information content (AvgIpc) is 3.16. The van der Waals surface area contributed by atoms with Crippen LogP contribution in [0.5, 0.6) is 0 Å². The van der Waals surface area contributed by atoms with Crippen molar-refractivity contribution in [3.8, 4) is 0 Å². The smallest absolute Gasteiger partial charge is 0.382 e. The first-order chi connectivity index (χ1) is 26.3. The zero-order valence-electron chi connectivity index (χ0n) is 34.4. The van der Waals surface area contributed by atoms with Crippen LogP contribution < -0.4 is 5.32 Å². The fraction of sp³-hybridized carbons (Fsp3) is 0.833. The van der Waals surface area contributed by atoms with E-state index in [1.165, 1.54) is 89.9 Å². The molecule has 1 amide bonds. The quantitative estimate of drug-likeness (QED) is 0.0356. The third-order valence-corrected chi connectivity index (χ3v) is 11.1. The van der Waals surface area contributed by atoms with Gasteiger partial charge in [0.05, 0.1) is 25.9 Å². The molecule has 1 saturated heterocycles. The van der Waals surface area contributed by atoms with E-state index in [2.05, 4.69) is 44.5 Å². The van der Waals surface area contributed by atoms with Gasteiger partial charge in [-0.05, 0) is 44.9 Å². The predicted octanol–water partition coefficient (Wildman–Crippen LogP) is 9.92. The van der Waals surface area contributed by atoms with Gasteiger partial charge in [-0.25, -0.2) is 4.57 Å². The summed E-state index contributed by atoms with van der Waals surface area (Å²) in [5, 5.41) is 14.2. The topological polar surface area (TPSA) is 131 Å². The molecule has 0 radical (unpaired) electrons. The van der Waals surface area contributed by atoms with Crippen molar-refractivity contribution in [2.45, 2.75) is 185 Å². The molecular formula is C42H78NO10P. The van der Waals surface area contributed by atoms with Gasteiger partial charge in [-0.2, -0.15) is 0 Å². The zero-order valence-corrected chi connectivity index (χ0v) is 35.3. The normalized spacial score (nSPS) is 21.0. The molecule has 0 aliphatic carbocycles. The van der Waals surface area contributed by atoms with Crippen molar-refractivity contribution in [3.05, 3.63) is 37.5 Å². The highest BCUT2D eigenvalue weighted by atomic mass is 31.2. The van der Waals surface area contributed by atoms with Crippen LogP contribution in [0.2, 0.25) is 0 Å². The number of aliphatic hydroxyl groups excluding tert-OH is 1. The van der Waals surface area contributed by atoms with Crippen LogP contribution in [0, 0.1) is 0 Å². The number of carbonyl (C=O) groups is 1. The monoisotopic (exact) mass is 788 g/mol. The van der Waals surface area contributed by atoms with Crippen LogP contribution in [0.3, 0.4) is 0 Å². The number of aliphatic hydroxyl groups is 1. The van der Waals surface area contributed by atoms with Gasteiger partial charge in [-0.3, -0.25) is 18.4 Å². The molecule has 6 atom stereocenters. The van der Waals surface area contributed by atoms with Gasteiger partial charge >= 0.3 is 7.82 Å². The second-order valence-electron chi connectivity index (χ2n) is 14.3. The third kappa shape index (κ3) is 23.6. The summed E-state index contributed by atoms with van der Waals surface area (Å²) in [6.45, 7) is 11.7. The Kier molecular flexibility index (Phi) is 31.6. The molecule has 11 nitrogen and oxygen atoms in total. The number of allylic oxidation sites excluding steroid dienone is 2. The Balaban J connectivity index is 2.86. The molecule has 0 aromatic carbocycles. The zero-order chi connectivity index (χ0) is 39.7. The summed E-state index contributed by atoms with van der Waals surface area (Å²) in [6, 6.07) is -1.02. The van der Waals surface area contributed by atoms with Crippen molar-refractivity contribution in [1.82, 2.24) is 5.32 Å². The van der Waals surface area contributed by atoms with Crippen LogP contribution in [-0.4, -0.2) is 88.4 Å². The number of ether oxygens (including phenoxy) is 4. The van der Waals surface area contributed by atoms with Gasteiger partial charge in [0.2, 0.25) is 5.91 Å². The number of nitrogens with one attached hydrogen (secondary N) is 1. The number of amides is 1. The minimum atomic E-state index is -4.21. The van der Waals surface area contributed by atoms with E-state index in [4.69, 9.17) is 32.5 Å². The Bertz CT molecular complexity index is 998. The van der Waals surface area contributed by atoms with Gasteiger partial charge in [0.25, 0.3) is 0 Å². The van der Waals surface area contributed by atoms with E-state index < -0.39 is 38.5 Å². The Hall–Kier alpha value is -1.40. The second-order valence-corrected chi connectivity index (χ2v) is 15.9. The number of phosphoric ester groups is 1. The molecule has 1 fully saturated rings. The minimum Gasteiger partial charge on any atom is -0.382 e. The van der Waals surface area contributed by atoms with Gasteiger partial charge in [-0.1, -0.05) is 122 Å². The van der Waals surface area contributed by atoms with E-state index >= 15 is 0 Å². The van der Waals surface area contributed by atoms with Crippen molar-refractivity contribution in [1.29, 1.82) is 0 Å². The molecule has 0 bridgehead atoms. The van der Waals surface area contributed by atoms with Crippen LogP contribution in [0.4, 0.5) is 0 Å². The molecule has 0 aromatic heterocycles. The average molecular weight is 788 g/mol. The van der Waals surface area contributed by atoms with Crippen LogP contribution in [0.25, 0.3) is 0 Å². The number of hydrogen-bond acceptors (Lipinski definition) is 10. The highest BCUT2D eigenvalue weighted by Gasteiger charge is 2.51. The molecule has 0 spiro atoms. The Morgan fingerprint density at radius 2 is 1.35 bits per heavy atom. The number of phosphoric acid groups is 1. The molecule has 316 valence electrons. The van der Waals surface area contributed by atoms with Gasteiger partial charge < -0.3 is 29.4 Å². The van der Waals surface area contributed by atoms with Crippen molar-refractivity contribution in [2.24, 2.45) is 0 Å². The Labute approximate surface area is 328 Å². The molecule has 12 heteroatoms. The van der Waals surface area contributed by atoms with E-state index in [1.807, 2.05) is 0 Å². The van der Waals surface area contributed by atoms with Gasteiger partial charge in [0, 0.05) is 27.2 Å². The molecule has 2 N–H and O–H groups in total. The maximum atomic E-state index is 13.8. The molecule has 0 saturated carbocycles. The number of hydrogen-bond donors (Lipinski definition) is 2. The molecule has 0 aromatic rings. The fourth-order valence-electron chi connectivity index (χ4n) is 6.54. The van der Waals surface area contributed by atoms with Gasteiger partial charge in [-0.15, -0.1) is 13.2 Å². The van der Waals surface area contributed by atoms with Crippen molar-refractivity contribution < 1.29 is 47.0 Å². The lowest BCUT2D eigenvalue weighted by Gasteiger charge is -2.45. The lowest BCUT2D eigenvalue weighted by Crippen LogP contribution is -2.65. The van der Waals surface area contributed by atoms with E-state index in [9.17, 15) is 14.5 Å². The highest BCUT2D eigenvalue weighted by molar-refractivity contribution is 7.48. The summed E-state index contributed by atoms with van der Waals surface area (Å²) in [5.74, 6) is -0.238. The number of rotatable bonds is 37. The van der Waals surface area contributed by atoms with Crippen LogP contribution >= 0.6 is 7.82 Å². The molecule has 0 unspecified atom stereocenters. The van der Waals surface area contributed by atoms with Crippen molar-refractivity contribution >= 4 is 13.7 Å². The van der Waals surface area contributed by atoms with Crippen LogP contribution in [0.15, 0.2) is 37.5 Å². The summed E-state index contributed by atoms with van der Waals surface area (Å²) in [6.07, 6.45) is 25.7. The highest BCUT2D eigenvalue weighted by Crippen LogP contribution is 2.52. The van der Waals surface area contributed by atoms with Crippen molar-refractivity contribution in [3.63, 3.8) is 0 Å². The first kappa shape index (κ1) is 50.6. The van der Waals surface area contributed by atoms with E-state index in [0.717, 1.165) is 51.4 Å². The predicted molar refractivity (Wildman–Crippen MR) is 217 cm³/mol.